The number of para-hydroxylation sites is 4. The predicted octanol–water partition coefficient (Wildman–Crippen LogP) is 10.3. The Morgan fingerprint density at radius 3 is 2.07 bits per heavy atom. The van der Waals surface area contributed by atoms with Crippen molar-refractivity contribution in [1.29, 1.82) is 0 Å². The average molecular weight is 552 g/mol. The van der Waals surface area contributed by atoms with E-state index in [9.17, 15) is 0 Å². The van der Waals surface area contributed by atoms with E-state index >= 15 is 0 Å². The molecule has 0 fully saturated rings. The summed E-state index contributed by atoms with van der Waals surface area (Å²) >= 11 is 0. The number of hydrogen-bond acceptors (Lipinski definition) is 3. The minimum atomic E-state index is 0.860. The number of furan rings is 1. The summed E-state index contributed by atoms with van der Waals surface area (Å²) in [5.41, 5.74) is 10.2. The van der Waals surface area contributed by atoms with Gasteiger partial charge in [-0.05, 0) is 55.0 Å². The van der Waals surface area contributed by atoms with Crippen LogP contribution in [-0.2, 0) is 0 Å². The van der Waals surface area contributed by atoms with E-state index in [4.69, 9.17) is 14.4 Å². The van der Waals surface area contributed by atoms with Crippen molar-refractivity contribution >= 4 is 54.6 Å². The zero-order chi connectivity index (χ0) is 28.5. The average Bonchev–Trinajstić information content (AvgIpc) is 3.60. The van der Waals surface area contributed by atoms with Crippen LogP contribution in [0.25, 0.3) is 82.7 Å². The highest BCUT2D eigenvalue weighted by atomic mass is 16.3. The second-order valence-electron chi connectivity index (χ2n) is 11.0. The molecule has 0 aliphatic heterocycles. The van der Waals surface area contributed by atoms with E-state index in [0.29, 0.717) is 0 Å². The fraction of sp³-hybridized carbons (Fsp3) is 0.0256. The molecule has 43 heavy (non-hydrogen) atoms. The summed E-state index contributed by atoms with van der Waals surface area (Å²) in [5, 5.41) is 5.61. The molecule has 9 rings (SSSR count). The van der Waals surface area contributed by atoms with Crippen LogP contribution in [0.15, 0.2) is 138 Å². The van der Waals surface area contributed by atoms with Gasteiger partial charge in [-0.3, -0.25) is 4.57 Å². The molecule has 0 saturated carbocycles. The summed E-state index contributed by atoms with van der Waals surface area (Å²) < 4.78 is 8.75. The monoisotopic (exact) mass is 551 g/mol. The topological polar surface area (TPSA) is 43.9 Å². The molecular weight excluding hydrogens is 526 g/mol. The van der Waals surface area contributed by atoms with Gasteiger partial charge in [-0.2, -0.15) is 0 Å². The van der Waals surface area contributed by atoms with Crippen molar-refractivity contribution in [2.24, 2.45) is 0 Å². The summed E-state index contributed by atoms with van der Waals surface area (Å²) in [6, 6.07) is 46.6. The largest absolute Gasteiger partial charge is 0.456 e. The van der Waals surface area contributed by atoms with Crippen molar-refractivity contribution in [3.8, 4) is 28.1 Å². The van der Waals surface area contributed by atoms with Gasteiger partial charge in [-0.15, -0.1) is 0 Å². The van der Waals surface area contributed by atoms with E-state index in [0.717, 1.165) is 83.2 Å². The Morgan fingerprint density at radius 1 is 0.535 bits per heavy atom. The zero-order valence-electron chi connectivity index (χ0n) is 23.5. The van der Waals surface area contributed by atoms with E-state index in [1.807, 2.05) is 24.3 Å². The third kappa shape index (κ3) is 3.57. The number of hydrogen-bond donors (Lipinski definition) is 0. The number of rotatable bonds is 3. The lowest BCUT2D eigenvalue weighted by atomic mass is 9.89. The molecule has 4 heteroatoms. The standard InChI is InChI=1S/C39H25N3O/c1-24-40-32-16-8-9-17-33(32)42(24)27-21-19-25(20-22-27)36-37-28-13-5-7-15-31(28)41-39(26-11-3-2-4-12-26)30(37)23-35-38(36)29-14-6-10-18-34(29)43-35/h2-23H,1H3. The van der Waals surface area contributed by atoms with E-state index in [-0.39, 0.29) is 0 Å². The summed E-state index contributed by atoms with van der Waals surface area (Å²) in [5.74, 6) is 0.965. The number of aromatic nitrogens is 3. The highest BCUT2D eigenvalue weighted by Gasteiger charge is 2.21. The molecule has 0 unspecified atom stereocenters. The number of fused-ring (bicyclic) bond motifs is 7. The molecule has 0 spiro atoms. The Bertz CT molecular complexity index is 2500. The lowest BCUT2D eigenvalue weighted by Gasteiger charge is -2.16. The minimum absolute atomic E-state index is 0.860. The third-order valence-corrected chi connectivity index (χ3v) is 8.52. The first-order valence-corrected chi connectivity index (χ1v) is 14.5. The summed E-state index contributed by atoms with van der Waals surface area (Å²) in [4.78, 5) is 10.00. The Kier molecular flexibility index (Phi) is 5.08. The highest BCUT2D eigenvalue weighted by molar-refractivity contribution is 6.27. The number of benzene rings is 6. The fourth-order valence-electron chi connectivity index (χ4n) is 6.67. The van der Waals surface area contributed by atoms with Crippen LogP contribution in [0.1, 0.15) is 5.82 Å². The van der Waals surface area contributed by atoms with E-state index in [1.165, 1.54) is 5.39 Å². The second-order valence-corrected chi connectivity index (χ2v) is 11.0. The van der Waals surface area contributed by atoms with Crippen molar-refractivity contribution in [3.05, 3.63) is 139 Å². The molecule has 4 nitrogen and oxygen atoms in total. The molecule has 3 aromatic heterocycles. The van der Waals surface area contributed by atoms with Crippen LogP contribution in [0.5, 0.6) is 0 Å². The van der Waals surface area contributed by atoms with Crippen molar-refractivity contribution in [3.63, 3.8) is 0 Å². The van der Waals surface area contributed by atoms with E-state index in [1.54, 1.807) is 0 Å². The van der Waals surface area contributed by atoms with Gasteiger partial charge >= 0.3 is 0 Å². The van der Waals surface area contributed by atoms with Crippen LogP contribution in [0.4, 0.5) is 0 Å². The maximum absolute atomic E-state index is 6.53. The molecule has 0 radical (unpaired) electrons. The normalized spacial score (nSPS) is 11.8. The van der Waals surface area contributed by atoms with Crippen molar-refractivity contribution < 1.29 is 4.42 Å². The van der Waals surface area contributed by atoms with Gasteiger partial charge in [0.2, 0.25) is 0 Å². The molecule has 0 saturated heterocycles. The third-order valence-electron chi connectivity index (χ3n) is 8.52. The van der Waals surface area contributed by atoms with Crippen LogP contribution in [0, 0.1) is 6.92 Å². The molecule has 0 atom stereocenters. The number of pyridine rings is 1. The van der Waals surface area contributed by atoms with Crippen LogP contribution >= 0.6 is 0 Å². The molecule has 202 valence electrons. The summed E-state index contributed by atoms with van der Waals surface area (Å²) in [6.07, 6.45) is 0. The first kappa shape index (κ1) is 23.9. The maximum atomic E-state index is 6.53. The Labute approximate surface area is 247 Å². The first-order chi connectivity index (χ1) is 21.2. The zero-order valence-corrected chi connectivity index (χ0v) is 23.5. The fourth-order valence-corrected chi connectivity index (χ4v) is 6.67. The Balaban J connectivity index is 1.41. The molecule has 0 N–H and O–H groups in total. The lowest BCUT2D eigenvalue weighted by Crippen LogP contribution is -1.97. The van der Waals surface area contributed by atoms with Crippen molar-refractivity contribution in [2.75, 3.05) is 0 Å². The molecule has 3 heterocycles. The predicted molar refractivity (Wildman–Crippen MR) is 177 cm³/mol. The Hall–Kier alpha value is -5.74. The van der Waals surface area contributed by atoms with Crippen molar-refractivity contribution in [1.82, 2.24) is 14.5 Å². The molecule has 9 aromatic rings. The molecule has 6 aromatic carbocycles. The van der Waals surface area contributed by atoms with Crippen LogP contribution in [0.2, 0.25) is 0 Å². The molecule has 0 aliphatic carbocycles. The van der Waals surface area contributed by atoms with E-state index in [2.05, 4.69) is 121 Å². The van der Waals surface area contributed by atoms with E-state index < -0.39 is 0 Å². The Morgan fingerprint density at radius 2 is 1.23 bits per heavy atom. The molecule has 0 amide bonds. The second kappa shape index (κ2) is 9.13. The van der Waals surface area contributed by atoms with Gasteiger partial charge < -0.3 is 4.42 Å². The van der Waals surface area contributed by atoms with Crippen LogP contribution in [-0.4, -0.2) is 14.5 Å². The number of nitrogens with zero attached hydrogens (tertiary/aromatic N) is 3. The van der Waals surface area contributed by atoms with Gasteiger partial charge in [-0.1, -0.05) is 91.0 Å². The van der Waals surface area contributed by atoms with Gasteiger partial charge in [-0.25, -0.2) is 9.97 Å². The minimum Gasteiger partial charge on any atom is -0.456 e. The van der Waals surface area contributed by atoms with Gasteiger partial charge in [0.05, 0.1) is 22.2 Å². The summed E-state index contributed by atoms with van der Waals surface area (Å²) in [7, 11) is 0. The summed E-state index contributed by atoms with van der Waals surface area (Å²) in [6.45, 7) is 2.06. The molecular formula is C39H25N3O. The molecule has 0 aliphatic rings. The van der Waals surface area contributed by atoms with Crippen LogP contribution in [0.3, 0.4) is 0 Å². The lowest BCUT2D eigenvalue weighted by molar-refractivity contribution is 0.669. The van der Waals surface area contributed by atoms with Gasteiger partial charge in [0.25, 0.3) is 0 Å². The van der Waals surface area contributed by atoms with Gasteiger partial charge in [0, 0.05) is 43.7 Å². The number of aryl methyl sites for hydroxylation is 1. The van der Waals surface area contributed by atoms with Crippen molar-refractivity contribution in [2.45, 2.75) is 6.92 Å². The maximum Gasteiger partial charge on any atom is 0.136 e. The molecule has 0 bridgehead atoms. The van der Waals surface area contributed by atoms with Gasteiger partial charge in [0.15, 0.2) is 0 Å². The van der Waals surface area contributed by atoms with Crippen LogP contribution < -0.4 is 0 Å². The smallest absolute Gasteiger partial charge is 0.136 e. The highest BCUT2D eigenvalue weighted by Crippen LogP contribution is 2.46. The first-order valence-electron chi connectivity index (χ1n) is 14.5. The quantitative estimate of drug-likeness (QED) is 0.205. The van der Waals surface area contributed by atoms with Gasteiger partial charge in [0.1, 0.15) is 17.0 Å². The number of imidazole rings is 1. The SMILES string of the molecule is Cc1nc2ccccc2n1-c1ccc(-c2c3c(cc4c(-c5ccccc5)nc5ccccc5c24)oc2ccccc23)cc1.